The molecule has 3 heterocycles. The third kappa shape index (κ3) is 5.87. The van der Waals surface area contributed by atoms with Crippen LogP contribution in [0.1, 0.15) is 40.3 Å². The van der Waals surface area contributed by atoms with Crippen molar-refractivity contribution in [3.8, 4) is 11.4 Å². The summed E-state index contributed by atoms with van der Waals surface area (Å²) in [5, 5.41) is 7.08. The lowest BCUT2D eigenvalue weighted by atomic mass is 9.96. The molecule has 1 aliphatic heterocycles. The minimum absolute atomic E-state index is 0.0731. The van der Waals surface area contributed by atoms with Crippen molar-refractivity contribution in [2.24, 2.45) is 0 Å². The van der Waals surface area contributed by atoms with E-state index in [9.17, 15) is 4.79 Å². The normalized spacial score (nSPS) is 16.2. The quantitative estimate of drug-likeness (QED) is 0.191. The van der Waals surface area contributed by atoms with Gasteiger partial charge in [0.05, 0.1) is 17.8 Å². The molecule has 0 spiro atoms. The number of rotatable bonds is 8. The number of aryl methyl sites for hydroxylation is 2. The first-order valence-electron chi connectivity index (χ1n) is 14.2. The van der Waals surface area contributed by atoms with Crippen molar-refractivity contribution in [1.82, 2.24) is 14.9 Å². The molecule has 0 bridgehead atoms. The average Bonchev–Trinajstić information content (AvgIpc) is 3.52. The molecule has 1 aliphatic rings. The highest BCUT2D eigenvalue weighted by atomic mass is 32.1. The minimum atomic E-state index is -0.230. The van der Waals surface area contributed by atoms with Gasteiger partial charge in [0.25, 0.3) is 5.91 Å². The van der Waals surface area contributed by atoms with Gasteiger partial charge < -0.3 is 24.8 Å². The zero-order valence-electron chi connectivity index (χ0n) is 24.3. The summed E-state index contributed by atoms with van der Waals surface area (Å²) in [6.07, 6.45) is 1.81. The molecule has 0 aliphatic carbocycles. The first kappa shape index (κ1) is 28.2. The Labute approximate surface area is 257 Å². The molecule has 2 atom stereocenters. The molecule has 8 heteroatoms. The number of amides is 1. The Morgan fingerprint density at radius 1 is 0.907 bits per heavy atom. The Balaban J connectivity index is 1.30. The number of aromatic nitrogens is 2. The summed E-state index contributed by atoms with van der Waals surface area (Å²) in [5.41, 5.74) is 8.31. The molecule has 43 heavy (non-hydrogen) atoms. The second kappa shape index (κ2) is 12.1. The number of pyridine rings is 1. The van der Waals surface area contributed by atoms with Gasteiger partial charge in [0.1, 0.15) is 5.75 Å². The molecule has 1 fully saturated rings. The zero-order chi connectivity index (χ0) is 29.9. The zero-order valence-corrected chi connectivity index (χ0v) is 25.1. The Morgan fingerprint density at radius 3 is 2.30 bits per heavy atom. The van der Waals surface area contributed by atoms with Crippen LogP contribution in [0.3, 0.4) is 0 Å². The van der Waals surface area contributed by atoms with Gasteiger partial charge in [0.15, 0.2) is 11.7 Å². The number of hydrogen-bond donors (Lipinski definition) is 2. The van der Waals surface area contributed by atoms with Crippen LogP contribution in [-0.4, -0.2) is 27.2 Å². The summed E-state index contributed by atoms with van der Waals surface area (Å²) in [6.45, 7) is 6.32. The van der Waals surface area contributed by atoms with Gasteiger partial charge in [0.2, 0.25) is 0 Å². The maximum absolute atomic E-state index is 12.5. The van der Waals surface area contributed by atoms with E-state index in [0.717, 1.165) is 34.0 Å². The van der Waals surface area contributed by atoms with E-state index in [2.05, 4.69) is 71.2 Å². The van der Waals surface area contributed by atoms with E-state index in [-0.39, 0.29) is 24.6 Å². The molecule has 1 saturated heterocycles. The van der Waals surface area contributed by atoms with Gasteiger partial charge in [-0.3, -0.25) is 9.78 Å². The number of anilines is 2. The van der Waals surface area contributed by atoms with E-state index in [1.807, 2.05) is 79.0 Å². The number of ether oxygens (including phenoxy) is 1. The van der Waals surface area contributed by atoms with E-state index >= 15 is 0 Å². The van der Waals surface area contributed by atoms with Crippen molar-refractivity contribution >= 4 is 34.6 Å². The van der Waals surface area contributed by atoms with Crippen molar-refractivity contribution in [3.63, 3.8) is 0 Å². The third-order valence-corrected chi connectivity index (χ3v) is 8.04. The lowest BCUT2D eigenvalue weighted by molar-refractivity contribution is -0.118. The number of hydrogen-bond acceptors (Lipinski definition) is 4. The molecular weight excluding hydrogens is 554 g/mol. The third-order valence-electron chi connectivity index (χ3n) is 7.72. The summed E-state index contributed by atoms with van der Waals surface area (Å²) in [4.78, 5) is 19.4. The standard InChI is InChI=1S/C35H33N5O2S/c1-23-12-16-27(17-13-23)39-24(2)21-30(25(39)3)34-33(31-11-7-8-20-36-31)38-35(43)40(34)28-18-14-26(15-19-28)37-32(41)22-42-29-9-5-4-6-10-29/h4-21,33-34H,22H2,1-3H3,(H,37,41)(H,38,43)/t33-,34-/m1/s1. The maximum Gasteiger partial charge on any atom is 0.262 e. The van der Waals surface area contributed by atoms with Crippen LogP contribution in [0.15, 0.2) is 109 Å². The molecule has 3 aromatic carbocycles. The Bertz CT molecular complexity index is 1740. The van der Waals surface area contributed by atoms with Gasteiger partial charge in [-0.1, -0.05) is 42.0 Å². The Morgan fingerprint density at radius 2 is 1.60 bits per heavy atom. The topological polar surface area (TPSA) is 71.4 Å². The molecule has 1 amide bonds. The number of benzene rings is 3. The number of carbonyl (C=O) groups is 1. The summed E-state index contributed by atoms with van der Waals surface area (Å²) >= 11 is 5.95. The fourth-order valence-corrected chi connectivity index (χ4v) is 6.04. The van der Waals surface area contributed by atoms with E-state index in [0.29, 0.717) is 16.5 Å². The predicted octanol–water partition coefficient (Wildman–Crippen LogP) is 6.99. The molecule has 2 N–H and O–H groups in total. The van der Waals surface area contributed by atoms with Crippen LogP contribution >= 0.6 is 12.2 Å². The smallest absolute Gasteiger partial charge is 0.262 e. The lowest BCUT2D eigenvalue weighted by Crippen LogP contribution is -2.29. The predicted molar refractivity (Wildman–Crippen MR) is 175 cm³/mol. The summed E-state index contributed by atoms with van der Waals surface area (Å²) < 4.78 is 7.87. The van der Waals surface area contributed by atoms with Crippen molar-refractivity contribution in [2.45, 2.75) is 32.9 Å². The molecule has 7 nitrogen and oxygen atoms in total. The van der Waals surface area contributed by atoms with Gasteiger partial charge >= 0.3 is 0 Å². The highest BCUT2D eigenvalue weighted by Gasteiger charge is 2.42. The van der Waals surface area contributed by atoms with Crippen molar-refractivity contribution in [3.05, 3.63) is 138 Å². The van der Waals surface area contributed by atoms with Crippen LogP contribution in [-0.2, 0) is 4.79 Å². The molecule has 0 radical (unpaired) electrons. The van der Waals surface area contributed by atoms with Crippen LogP contribution in [0.5, 0.6) is 5.75 Å². The van der Waals surface area contributed by atoms with Crippen LogP contribution in [0.25, 0.3) is 5.69 Å². The molecule has 5 aromatic rings. The van der Waals surface area contributed by atoms with Gasteiger partial charge in [-0.05, 0) is 105 Å². The fourth-order valence-electron chi connectivity index (χ4n) is 5.70. The highest BCUT2D eigenvalue weighted by molar-refractivity contribution is 7.80. The molecule has 0 saturated carbocycles. The Hall–Kier alpha value is -4.95. The van der Waals surface area contributed by atoms with Crippen molar-refractivity contribution in [2.75, 3.05) is 16.8 Å². The summed E-state index contributed by atoms with van der Waals surface area (Å²) in [5.74, 6) is 0.421. The summed E-state index contributed by atoms with van der Waals surface area (Å²) in [6, 6.07) is 33.5. The average molecular weight is 588 g/mol. The van der Waals surface area contributed by atoms with Crippen LogP contribution in [0, 0.1) is 20.8 Å². The SMILES string of the molecule is Cc1ccc(-n2c(C)cc([C@@H]3[C@@H](c4ccccn4)NC(=S)N3c3ccc(NC(=O)COc4ccccc4)cc3)c2C)cc1. The number of nitrogens with one attached hydrogen (secondary N) is 2. The van der Waals surface area contributed by atoms with Gasteiger partial charge in [0, 0.05) is 34.6 Å². The van der Waals surface area contributed by atoms with E-state index in [1.54, 1.807) is 0 Å². The van der Waals surface area contributed by atoms with Crippen LogP contribution < -0.4 is 20.3 Å². The minimum Gasteiger partial charge on any atom is -0.484 e. The van der Waals surface area contributed by atoms with Gasteiger partial charge in [-0.25, -0.2) is 0 Å². The molecule has 6 rings (SSSR count). The number of nitrogens with zero attached hydrogens (tertiary/aromatic N) is 3. The van der Waals surface area contributed by atoms with E-state index in [4.69, 9.17) is 21.9 Å². The Kier molecular flexibility index (Phi) is 7.94. The van der Waals surface area contributed by atoms with Crippen LogP contribution in [0.2, 0.25) is 0 Å². The molecular formula is C35H33N5O2S. The number of para-hydroxylation sites is 1. The first-order chi connectivity index (χ1) is 20.9. The highest BCUT2D eigenvalue weighted by Crippen LogP contribution is 2.44. The van der Waals surface area contributed by atoms with Gasteiger partial charge in [-0.2, -0.15) is 0 Å². The molecule has 0 unspecified atom stereocenters. The first-order valence-corrected chi connectivity index (χ1v) is 14.6. The molecule has 2 aromatic heterocycles. The second-order valence-electron chi connectivity index (χ2n) is 10.7. The monoisotopic (exact) mass is 587 g/mol. The number of thiocarbonyl (C=S) groups is 1. The summed E-state index contributed by atoms with van der Waals surface area (Å²) in [7, 11) is 0. The van der Waals surface area contributed by atoms with E-state index < -0.39 is 0 Å². The second-order valence-corrected chi connectivity index (χ2v) is 11.1. The lowest BCUT2D eigenvalue weighted by Gasteiger charge is -2.28. The fraction of sp³-hybridized carbons (Fsp3) is 0.171. The van der Waals surface area contributed by atoms with Crippen molar-refractivity contribution < 1.29 is 9.53 Å². The largest absolute Gasteiger partial charge is 0.484 e. The number of carbonyl (C=O) groups excluding carboxylic acids is 1. The van der Waals surface area contributed by atoms with Gasteiger partial charge in [-0.15, -0.1) is 0 Å². The maximum atomic E-state index is 12.5. The molecule has 216 valence electrons. The van der Waals surface area contributed by atoms with E-state index in [1.165, 1.54) is 5.56 Å². The van der Waals surface area contributed by atoms with Crippen LogP contribution in [0.4, 0.5) is 11.4 Å². The van der Waals surface area contributed by atoms with Crippen molar-refractivity contribution in [1.29, 1.82) is 0 Å².